The molecule has 0 aromatic carbocycles. The van der Waals surface area contributed by atoms with Crippen LogP contribution in [0.5, 0.6) is 0 Å². The molecule has 3 heterocycles. The number of nitrogens with zero attached hydrogens (tertiary/aromatic N) is 5. The lowest BCUT2D eigenvalue weighted by Crippen LogP contribution is -2.42. The van der Waals surface area contributed by atoms with Crippen LogP contribution in [0.1, 0.15) is 24.0 Å². The van der Waals surface area contributed by atoms with Gasteiger partial charge < -0.3 is 10.2 Å². The van der Waals surface area contributed by atoms with Gasteiger partial charge in [0, 0.05) is 51.8 Å². The highest BCUT2D eigenvalue weighted by Gasteiger charge is 2.20. The fourth-order valence-electron chi connectivity index (χ4n) is 3.13. The minimum absolute atomic E-state index is 0.383. The quantitative estimate of drug-likeness (QED) is 0.910. The van der Waals surface area contributed by atoms with Crippen molar-refractivity contribution < 1.29 is 0 Å². The zero-order valence-electron chi connectivity index (χ0n) is 14.7. The lowest BCUT2D eigenvalue weighted by Gasteiger charge is -2.33. The highest BCUT2D eigenvalue weighted by Crippen LogP contribution is 2.17. The molecule has 0 bridgehead atoms. The second-order valence-corrected chi connectivity index (χ2v) is 6.72. The maximum absolute atomic E-state index is 4.56. The molecule has 6 heteroatoms. The highest BCUT2D eigenvalue weighted by molar-refractivity contribution is 5.41. The predicted molar refractivity (Wildman–Crippen MR) is 97.3 cm³/mol. The van der Waals surface area contributed by atoms with Crippen molar-refractivity contribution in [2.24, 2.45) is 0 Å². The van der Waals surface area contributed by atoms with Crippen LogP contribution in [-0.4, -0.2) is 53.1 Å². The van der Waals surface area contributed by atoms with Crippen LogP contribution in [0.4, 0.5) is 11.8 Å². The van der Waals surface area contributed by atoms with Gasteiger partial charge in [0.05, 0.1) is 0 Å². The molecular weight excluding hydrogens is 300 g/mol. The Hall–Kier alpha value is -2.21. The van der Waals surface area contributed by atoms with Crippen molar-refractivity contribution in [2.75, 3.05) is 37.4 Å². The van der Waals surface area contributed by atoms with Gasteiger partial charge in [0.2, 0.25) is 5.95 Å². The summed E-state index contributed by atoms with van der Waals surface area (Å²) in [5.74, 6) is 1.64. The maximum atomic E-state index is 4.56. The number of hydrogen-bond donors (Lipinski definition) is 1. The summed E-state index contributed by atoms with van der Waals surface area (Å²) in [6.45, 7) is 5.17. The third-order valence-corrected chi connectivity index (χ3v) is 4.28. The molecule has 24 heavy (non-hydrogen) atoms. The van der Waals surface area contributed by atoms with Gasteiger partial charge >= 0.3 is 0 Å². The molecule has 0 radical (unpaired) electrons. The van der Waals surface area contributed by atoms with Crippen LogP contribution in [-0.2, 0) is 6.54 Å². The molecule has 1 aliphatic rings. The van der Waals surface area contributed by atoms with Crippen molar-refractivity contribution in [3.8, 4) is 0 Å². The van der Waals surface area contributed by atoms with E-state index in [1.807, 2.05) is 43.7 Å². The number of likely N-dealkylation sites (tertiary alicyclic amines) is 1. The van der Waals surface area contributed by atoms with Gasteiger partial charge in [-0.15, -0.1) is 0 Å². The average molecular weight is 326 g/mol. The Morgan fingerprint density at radius 1 is 1.33 bits per heavy atom. The van der Waals surface area contributed by atoms with Crippen molar-refractivity contribution in [2.45, 2.75) is 32.4 Å². The summed E-state index contributed by atoms with van der Waals surface area (Å²) in [6, 6.07) is 4.52. The number of pyridine rings is 1. The van der Waals surface area contributed by atoms with E-state index in [2.05, 4.69) is 38.2 Å². The molecule has 1 N–H and O–H groups in total. The molecule has 1 saturated heterocycles. The van der Waals surface area contributed by atoms with Crippen molar-refractivity contribution in [1.82, 2.24) is 19.9 Å². The van der Waals surface area contributed by atoms with Gasteiger partial charge in [-0.25, -0.2) is 4.98 Å². The summed E-state index contributed by atoms with van der Waals surface area (Å²) in [4.78, 5) is 17.7. The SMILES string of the molecule is Cc1cncc(CN2CCCC(Nc3nccc(N(C)C)n3)C2)c1. The molecule has 6 nitrogen and oxygen atoms in total. The summed E-state index contributed by atoms with van der Waals surface area (Å²) in [5.41, 5.74) is 2.49. The van der Waals surface area contributed by atoms with E-state index in [1.165, 1.54) is 17.5 Å². The van der Waals surface area contributed by atoms with E-state index in [-0.39, 0.29) is 0 Å². The second kappa shape index (κ2) is 7.57. The number of aromatic nitrogens is 3. The van der Waals surface area contributed by atoms with Crippen LogP contribution in [0.2, 0.25) is 0 Å². The minimum Gasteiger partial charge on any atom is -0.363 e. The van der Waals surface area contributed by atoms with E-state index < -0.39 is 0 Å². The number of anilines is 2. The first-order chi connectivity index (χ1) is 11.6. The van der Waals surface area contributed by atoms with E-state index in [4.69, 9.17) is 0 Å². The number of rotatable bonds is 5. The standard InChI is InChI=1S/C18H26N6/c1-14-9-15(11-19-10-14)12-24-8-4-5-16(13-24)21-18-20-7-6-17(22-18)23(2)3/h6-7,9-11,16H,4-5,8,12-13H2,1-3H3,(H,20,21,22). The maximum Gasteiger partial charge on any atom is 0.224 e. The summed E-state index contributed by atoms with van der Waals surface area (Å²) in [7, 11) is 3.98. The smallest absolute Gasteiger partial charge is 0.224 e. The van der Waals surface area contributed by atoms with E-state index in [0.29, 0.717) is 12.0 Å². The van der Waals surface area contributed by atoms with Crippen molar-refractivity contribution >= 4 is 11.8 Å². The van der Waals surface area contributed by atoms with Gasteiger partial charge in [-0.1, -0.05) is 6.07 Å². The van der Waals surface area contributed by atoms with Crippen molar-refractivity contribution in [3.63, 3.8) is 0 Å². The summed E-state index contributed by atoms with van der Waals surface area (Å²) in [6.07, 6.45) is 8.01. The van der Waals surface area contributed by atoms with Gasteiger partial charge in [0.1, 0.15) is 5.82 Å². The van der Waals surface area contributed by atoms with Gasteiger partial charge in [0.25, 0.3) is 0 Å². The van der Waals surface area contributed by atoms with Gasteiger partial charge in [-0.3, -0.25) is 9.88 Å². The van der Waals surface area contributed by atoms with E-state index in [9.17, 15) is 0 Å². The monoisotopic (exact) mass is 326 g/mol. The number of piperidine rings is 1. The molecule has 1 aliphatic heterocycles. The van der Waals surface area contributed by atoms with Gasteiger partial charge in [0.15, 0.2) is 0 Å². The Bertz CT molecular complexity index is 672. The largest absolute Gasteiger partial charge is 0.363 e. The lowest BCUT2D eigenvalue weighted by atomic mass is 10.0. The van der Waals surface area contributed by atoms with Crippen LogP contribution in [0, 0.1) is 6.92 Å². The summed E-state index contributed by atoms with van der Waals surface area (Å²) >= 11 is 0. The predicted octanol–water partition coefficient (Wildman–Crippen LogP) is 2.32. The first-order valence-electron chi connectivity index (χ1n) is 8.50. The Morgan fingerprint density at radius 3 is 3.00 bits per heavy atom. The molecule has 0 spiro atoms. The van der Waals surface area contributed by atoms with Crippen LogP contribution in [0.25, 0.3) is 0 Å². The molecule has 0 aliphatic carbocycles. The molecule has 1 atom stereocenters. The molecule has 0 saturated carbocycles. The highest BCUT2D eigenvalue weighted by atomic mass is 15.2. The van der Waals surface area contributed by atoms with Gasteiger partial charge in [-0.2, -0.15) is 4.98 Å². The molecule has 2 aromatic heterocycles. The molecule has 1 unspecified atom stereocenters. The summed E-state index contributed by atoms with van der Waals surface area (Å²) in [5, 5.41) is 3.50. The van der Waals surface area contributed by atoms with Crippen LogP contribution in [0.15, 0.2) is 30.7 Å². The molecule has 1 fully saturated rings. The molecule has 2 aromatic rings. The first kappa shape index (κ1) is 16.6. The van der Waals surface area contributed by atoms with Crippen LogP contribution in [0.3, 0.4) is 0 Å². The fraction of sp³-hybridized carbons (Fsp3) is 0.500. The number of aryl methyl sites for hydroxylation is 1. The third kappa shape index (κ3) is 4.41. The second-order valence-electron chi connectivity index (χ2n) is 6.72. The average Bonchev–Trinajstić information content (AvgIpc) is 2.55. The van der Waals surface area contributed by atoms with E-state index >= 15 is 0 Å². The number of nitrogens with one attached hydrogen (secondary N) is 1. The molecule has 0 amide bonds. The zero-order chi connectivity index (χ0) is 16.9. The minimum atomic E-state index is 0.383. The molecular formula is C18H26N6. The van der Waals surface area contributed by atoms with Crippen LogP contribution < -0.4 is 10.2 Å². The van der Waals surface area contributed by atoms with E-state index in [1.54, 1.807) is 0 Å². The number of hydrogen-bond acceptors (Lipinski definition) is 6. The van der Waals surface area contributed by atoms with Crippen molar-refractivity contribution in [1.29, 1.82) is 0 Å². The zero-order valence-corrected chi connectivity index (χ0v) is 14.7. The lowest BCUT2D eigenvalue weighted by molar-refractivity contribution is 0.208. The van der Waals surface area contributed by atoms with E-state index in [0.717, 1.165) is 31.9 Å². The first-order valence-corrected chi connectivity index (χ1v) is 8.50. The fourth-order valence-corrected chi connectivity index (χ4v) is 3.13. The Labute approximate surface area is 143 Å². The van der Waals surface area contributed by atoms with Crippen molar-refractivity contribution in [3.05, 3.63) is 41.9 Å². The molecule has 128 valence electrons. The van der Waals surface area contributed by atoms with Gasteiger partial charge in [-0.05, 0) is 43.5 Å². The Morgan fingerprint density at radius 2 is 2.21 bits per heavy atom. The normalized spacial score (nSPS) is 18.4. The third-order valence-electron chi connectivity index (χ3n) is 4.28. The summed E-state index contributed by atoms with van der Waals surface area (Å²) < 4.78 is 0. The topological polar surface area (TPSA) is 57.2 Å². The Kier molecular flexibility index (Phi) is 5.25. The van der Waals surface area contributed by atoms with Crippen LogP contribution >= 0.6 is 0 Å². The Balaban J connectivity index is 1.60. The molecule has 3 rings (SSSR count).